The van der Waals surface area contributed by atoms with Gasteiger partial charge >= 0.3 is 5.97 Å². The fourth-order valence-corrected chi connectivity index (χ4v) is 1.93. The van der Waals surface area contributed by atoms with Crippen LogP contribution < -0.4 is 4.90 Å². The Labute approximate surface area is 100 Å². The summed E-state index contributed by atoms with van der Waals surface area (Å²) in [4.78, 5) is 17.2. The van der Waals surface area contributed by atoms with Crippen LogP contribution >= 0.6 is 0 Å². The molecule has 2 heterocycles. The van der Waals surface area contributed by atoms with Gasteiger partial charge in [-0.05, 0) is 25.5 Å². The maximum atomic E-state index is 10.9. The lowest BCUT2D eigenvalue weighted by Crippen LogP contribution is -2.30. The second-order valence-corrected chi connectivity index (χ2v) is 4.19. The minimum atomic E-state index is -0.923. The molecule has 0 spiro atoms. The number of anilines is 1. The van der Waals surface area contributed by atoms with E-state index in [-0.39, 0.29) is 11.7 Å². The molecule has 1 fully saturated rings. The van der Waals surface area contributed by atoms with E-state index in [9.17, 15) is 4.79 Å². The Morgan fingerprint density at radius 1 is 1.65 bits per heavy atom. The molecular weight excluding hydrogens is 220 g/mol. The number of hydrogen-bond donors (Lipinski definition) is 1. The van der Waals surface area contributed by atoms with Gasteiger partial charge in [0.25, 0.3) is 0 Å². The molecule has 1 aliphatic rings. The first kappa shape index (κ1) is 11.9. The highest BCUT2D eigenvalue weighted by Crippen LogP contribution is 2.16. The highest BCUT2D eigenvalue weighted by atomic mass is 16.5. The Morgan fingerprint density at radius 3 is 3.24 bits per heavy atom. The predicted molar refractivity (Wildman–Crippen MR) is 63.4 cm³/mol. The first-order valence-electron chi connectivity index (χ1n) is 5.72. The second kappa shape index (κ2) is 5.14. The van der Waals surface area contributed by atoms with Crippen LogP contribution in [0.3, 0.4) is 0 Å². The molecule has 0 amide bonds. The lowest BCUT2D eigenvalue weighted by atomic mass is 10.2. The first-order valence-corrected chi connectivity index (χ1v) is 5.72. The van der Waals surface area contributed by atoms with Gasteiger partial charge in [0.1, 0.15) is 5.82 Å². The summed E-state index contributed by atoms with van der Waals surface area (Å²) in [7, 11) is 0. The summed E-state index contributed by atoms with van der Waals surface area (Å²) < 4.78 is 5.55. The van der Waals surface area contributed by atoms with Crippen LogP contribution in [0.1, 0.15) is 23.7 Å². The molecule has 5 heteroatoms. The molecule has 1 N–H and O–H groups in total. The molecule has 1 aromatic rings. The number of carbonyl (C=O) groups is 1. The average molecular weight is 236 g/mol. The third-order valence-electron chi connectivity index (χ3n) is 2.77. The SMILES string of the molecule is CC1CN(c2cc(C(=O)O)ccn2)CCCO1. The summed E-state index contributed by atoms with van der Waals surface area (Å²) in [5, 5.41) is 8.94. The molecule has 17 heavy (non-hydrogen) atoms. The quantitative estimate of drug-likeness (QED) is 0.840. The minimum Gasteiger partial charge on any atom is -0.478 e. The van der Waals surface area contributed by atoms with E-state index in [4.69, 9.17) is 9.84 Å². The molecule has 0 saturated carbocycles. The van der Waals surface area contributed by atoms with Gasteiger partial charge in [-0.1, -0.05) is 0 Å². The molecule has 1 unspecified atom stereocenters. The Bertz CT molecular complexity index is 408. The van der Waals surface area contributed by atoms with Crippen molar-refractivity contribution in [1.29, 1.82) is 0 Å². The summed E-state index contributed by atoms with van der Waals surface area (Å²) in [6, 6.07) is 3.12. The van der Waals surface area contributed by atoms with Crippen LogP contribution in [-0.2, 0) is 4.74 Å². The third kappa shape index (κ3) is 2.94. The number of carboxylic acid groups (broad SMARTS) is 1. The molecule has 1 saturated heterocycles. The first-order chi connectivity index (χ1) is 8.16. The molecule has 0 bridgehead atoms. The van der Waals surface area contributed by atoms with E-state index in [1.54, 1.807) is 6.07 Å². The monoisotopic (exact) mass is 236 g/mol. The van der Waals surface area contributed by atoms with Crippen molar-refractivity contribution in [3.8, 4) is 0 Å². The van der Waals surface area contributed by atoms with Gasteiger partial charge in [-0.25, -0.2) is 9.78 Å². The lowest BCUT2D eigenvalue weighted by molar-refractivity contribution is 0.0697. The molecule has 0 aliphatic carbocycles. The van der Waals surface area contributed by atoms with Gasteiger partial charge in [-0.2, -0.15) is 0 Å². The van der Waals surface area contributed by atoms with Crippen LogP contribution in [0.5, 0.6) is 0 Å². The van der Waals surface area contributed by atoms with Crippen molar-refractivity contribution < 1.29 is 14.6 Å². The van der Waals surface area contributed by atoms with Crippen molar-refractivity contribution in [2.24, 2.45) is 0 Å². The van der Waals surface area contributed by atoms with Crippen LogP contribution in [0.2, 0.25) is 0 Å². The van der Waals surface area contributed by atoms with Crippen LogP contribution in [0, 0.1) is 0 Å². The molecular formula is C12H16N2O3. The second-order valence-electron chi connectivity index (χ2n) is 4.19. The van der Waals surface area contributed by atoms with E-state index in [1.165, 1.54) is 12.3 Å². The number of rotatable bonds is 2. The van der Waals surface area contributed by atoms with E-state index in [0.717, 1.165) is 26.1 Å². The highest BCUT2D eigenvalue weighted by molar-refractivity contribution is 5.88. The molecule has 5 nitrogen and oxygen atoms in total. The van der Waals surface area contributed by atoms with Crippen molar-refractivity contribution in [2.75, 3.05) is 24.6 Å². The fourth-order valence-electron chi connectivity index (χ4n) is 1.93. The largest absolute Gasteiger partial charge is 0.478 e. The average Bonchev–Trinajstić information content (AvgIpc) is 2.54. The fraction of sp³-hybridized carbons (Fsp3) is 0.500. The maximum Gasteiger partial charge on any atom is 0.335 e. The maximum absolute atomic E-state index is 10.9. The number of aromatic nitrogens is 1. The van der Waals surface area contributed by atoms with Crippen molar-refractivity contribution in [1.82, 2.24) is 4.98 Å². The van der Waals surface area contributed by atoms with Gasteiger partial charge in [0.05, 0.1) is 11.7 Å². The van der Waals surface area contributed by atoms with Crippen molar-refractivity contribution >= 4 is 11.8 Å². The predicted octanol–water partition coefficient (Wildman–Crippen LogP) is 1.40. The van der Waals surface area contributed by atoms with E-state index in [2.05, 4.69) is 9.88 Å². The summed E-state index contributed by atoms with van der Waals surface area (Å²) in [5.41, 5.74) is 0.271. The zero-order valence-electron chi connectivity index (χ0n) is 9.80. The van der Waals surface area contributed by atoms with Gasteiger partial charge in [0.15, 0.2) is 0 Å². The molecule has 2 rings (SSSR count). The van der Waals surface area contributed by atoms with Crippen LogP contribution in [0.25, 0.3) is 0 Å². The molecule has 1 aromatic heterocycles. The number of carboxylic acids is 1. The molecule has 0 radical (unpaired) electrons. The zero-order valence-corrected chi connectivity index (χ0v) is 9.80. The zero-order chi connectivity index (χ0) is 12.3. The Morgan fingerprint density at radius 2 is 2.47 bits per heavy atom. The molecule has 1 aliphatic heterocycles. The topological polar surface area (TPSA) is 62.7 Å². The molecule has 0 aromatic carbocycles. The number of hydrogen-bond acceptors (Lipinski definition) is 4. The number of nitrogens with zero attached hydrogens (tertiary/aromatic N) is 2. The Balaban J connectivity index is 2.20. The number of ether oxygens (including phenoxy) is 1. The van der Waals surface area contributed by atoms with Gasteiger partial charge in [0, 0.05) is 25.9 Å². The molecule has 1 atom stereocenters. The standard InChI is InChI=1S/C12H16N2O3/c1-9-8-14(5-2-6-17-9)11-7-10(12(15)16)3-4-13-11/h3-4,7,9H,2,5-6,8H2,1H3,(H,15,16). The van der Waals surface area contributed by atoms with E-state index in [0.29, 0.717) is 5.82 Å². The van der Waals surface area contributed by atoms with Gasteiger partial charge in [-0.3, -0.25) is 0 Å². The Kier molecular flexibility index (Phi) is 3.58. The highest BCUT2D eigenvalue weighted by Gasteiger charge is 2.17. The smallest absolute Gasteiger partial charge is 0.335 e. The minimum absolute atomic E-state index is 0.146. The lowest BCUT2D eigenvalue weighted by Gasteiger charge is -2.23. The normalized spacial score (nSPS) is 21.0. The van der Waals surface area contributed by atoms with Crippen molar-refractivity contribution in [2.45, 2.75) is 19.4 Å². The van der Waals surface area contributed by atoms with Crippen LogP contribution in [-0.4, -0.2) is 41.9 Å². The van der Waals surface area contributed by atoms with Gasteiger partial charge < -0.3 is 14.7 Å². The Hall–Kier alpha value is -1.62. The summed E-state index contributed by atoms with van der Waals surface area (Å²) in [6.45, 7) is 4.35. The summed E-state index contributed by atoms with van der Waals surface area (Å²) >= 11 is 0. The van der Waals surface area contributed by atoms with E-state index >= 15 is 0 Å². The van der Waals surface area contributed by atoms with Crippen LogP contribution in [0.15, 0.2) is 18.3 Å². The van der Waals surface area contributed by atoms with Crippen LogP contribution in [0.4, 0.5) is 5.82 Å². The molecule has 92 valence electrons. The van der Waals surface area contributed by atoms with Crippen molar-refractivity contribution in [3.63, 3.8) is 0 Å². The van der Waals surface area contributed by atoms with Crippen molar-refractivity contribution in [3.05, 3.63) is 23.9 Å². The van der Waals surface area contributed by atoms with E-state index < -0.39 is 5.97 Å². The van der Waals surface area contributed by atoms with Gasteiger partial charge in [0.2, 0.25) is 0 Å². The number of pyridine rings is 1. The van der Waals surface area contributed by atoms with E-state index in [1.807, 2.05) is 6.92 Å². The summed E-state index contributed by atoms with van der Waals surface area (Å²) in [5.74, 6) is -0.213. The van der Waals surface area contributed by atoms with Gasteiger partial charge in [-0.15, -0.1) is 0 Å². The summed E-state index contributed by atoms with van der Waals surface area (Å²) in [6.07, 6.45) is 2.62. The third-order valence-corrected chi connectivity index (χ3v) is 2.77. The number of aromatic carboxylic acids is 1.